The van der Waals surface area contributed by atoms with Crippen LogP contribution in [0.2, 0.25) is 0 Å². The van der Waals surface area contributed by atoms with E-state index in [1.54, 1.807) is 14.0 Å². The SMILES string of the molecule is COCCNCCNC(=O)C(C)Oc1cccc(C(C)(C)C)c1. The maximum absolute atomic E-state index is 12.0. The number of carbonyl (C=O) groups excluding carboxylic acids is 1. The van der Waals surface area contributed by atoms with Crippen molar-refractivity contribution in [3.05, 3.63) is 29.8 Å². The Balaban J connectivity index is 2.40. The van der Waals surface area contributed by atoms with Crippen LogP contribution in [-0.2, 0) is 14.9 Å². The van der Waals surface area contributed by atoms with Crippen molar-refractivity contribution >= 4 is 5.91 Å². The monoisotopic (exact) mass is 322 g/mol. The first-order valence-electron chi connectivity index (χ1n) is 8.09. The zero-order chi connectivity index (χ0) is 17.3. The van der Waals surface area contributed by atoms with Crippen LogP contribution >= 0.6 is 0 Å². The molecule has 2 N–H and O–H groups in total. The van der Waals surface area contributed by atoms with Gasteiger partial charge in [-0.1, -0.05) is 32.9 Å². The third-order valence-electron chi connectivity index (χ3n) is 3.47. The molecule has 130 valence electrons. The molecule has 0 aromatic heterocycles. The van der Waals surface area contributed by atoms with E-state index in [-0.39, 0.29) is 11.3 Å². The van der Waals surface area contributed by atoms with E-state index in [1.807, 2.05) is 18.2 Å². The zero-order valence-corrected chi connectivity index (χ0v) is 14.9. The highest BCUT2D eigenvalue weighted by molar-refractivity contribution is 5.80. The second-order valence-corrected chi connectivity index (χ2v) is 6.57. The molecular formula is C18H30N2O3. The molecule has 1 unspecified atom stereocenters. The van der Waals surface area contributed by atoms with Gasteiger partial charge in [0.25, 0.3) is 5.91 Å². The van der Waals surface area contributed by atoms with Crippen LogP contribution < -0.4 is 15.4 Å². The minimum Gasteiger partial charge on any atom is -0.481 e. The van der Waals surface area contributed by atoms with Gasteiger partial charge in [0.05, 0.1) is 6.61 Å². The van der Waals surface area contributed by atoms with Gasteiger partial charge in [0, 0.05) is 26.7 Å². The lowest BCUT2D eigenvalue weighted by molar-refractivity contribution is -0.127. The van der Waals surface area contributed by atoms with E-state index in [4.69, 9.17) is 9.47 Å². The molecule has 0 radical (unpaired) electrons. The molecule has 1 aromatic rings. The molecule has 23 heavy (non-hydrogen) atoms. The number of carbonyl (C=O) groups is 1. The highest BCUT2D eigenvalue weighted by atomic mass is 16.5. The lowest BCUT2D eigenvalue weighted by Crippen LogP contribution is -2.40. The minimum absolute atomic E-state index is 0.0543. The number of nitrogens with one attached hydrogen (secondary N) is 2. The van der Waals surface area contributed by atoms with E-state index in [0.29, 0.717) is 19.7 Å². The number of ether oxygens (including phenoxy) is 2. The van der Waals surface area contributed by atoms with Crippen LogP contribution in [-0.4, -0.2) is 45.4 Å². The smallest absolute Gasteiger partial charge is 0.260 e. The first kappa shape index (κ1) is 19.5. The highest BCUT2D eigenvalue weighted by Gasteiger charge is 2.17. The maximum Gasteiger partial charge on any atom is 0.260 e. The van der Waals surface area contributed by atoms with Gasteiger partial charge in [-0.25, -0.2) is 0 Å². The molecule has 0 bridgehead atoms. The van der Waals surface area contributed by atoms with Gasteiger partial charge in [-0.3, -0.25) is 4.79 Å². The molecule has 0 aliphatic carbocycles. The topological polar surface area (TPSA) is 59.6 Å². The summed E-state index contributed by atoms with van der Waals surface area (Å²) in [4.78, 5) is 12.0. The molecule has 5 nitrogen and oxygen atoms in total. The first-order valence-corrected chi connectivity index (χ1v) is 8.09. The Hall–Kier alpha value is -1.59. The lowest BCUT2D eigenvalue weighted by Gasteiger charge is -2.21. The fraction of sp³-hybridized carbons (Fsp3) is 0.611. The molecule has 1 amide bonds. The fourth-order valence-corrected chi connectivity index (χ4v) is 2.01. The van der Waals surface area contributed by atoms with Crippen LogP contribution in [0.15, 0.2) is 24.3 Å². The first-order chi connectivity index (χ1) is 10.8. The third-order valence-corrected chi connectivity index (χ3v) is 3.47. The predicted octanol–water partition coefficient (Wildman–Crippen LogP) is 2.10. The van der Waals surface area contributed by atoms with E-state index in [2.05, 4.69) is 37.5 Å². The Labute approximate surface area is 139 Å². The molecule has 0 aliphatic heterocycles. The van der Waals surface area contributed by atoms with E-state index >= 15 is 0 Å². The summed E-state index contributed by atoms with van der Waals surface area (Å²) in [7, 11) is 1.66. The van der Waals surface area contributed by atoms with Gasteiger partial charge in [0.2, 0.25) is 0 Å². The van der Waals surface area contributed by atoms with Crippen molar-refractivity contribution in [2.45, 2.75) is 39.2 Å². The van der Waals surface area contributed by atoms with Crippen molar-refractivity contribution in [2.75, 3.05) is 33.4 Å². The molecule has 0 spiro atoms. The Morgan fingerprint density at radius 1 is 1.22 bits per heavy atom. The number of methoxy groups -OCH3 is 1. The maximum atomic E-state index is 12.0. The number of hydrogen-bond donors (Lipinski definition) is 2. The normalized spacial score (nSPS) is 12.7. The van der Waals surface area contributed by atoms with Gasteiger partial charge < -0.3 is 20.1 Å². The second-order valence-electron chi connectivity index (χ2n) is 6.57. The number of rotatable bonds is 9. The van der Waals surface area contributed by atoms with Crippen molar-refractivity contribution in [3.8, 4) is 5.75 Å². The molecule has 0 saturated carbocycles. The molecular weight excluding hydrogens is 292 g/mol. The summed E-state index contributed by atoms with van der Waals surface area (Å²) < 4.78 is 10.7. The van der Waals surface area contributed by atoms with Gasteiger partial charge in [0.1, 0.15) is 5.75 Å². The molecule has 0 fully saturated rings. The average molecular weight is 322 g/mol. The standard InChI is InChI=1S/C18H30N2O3/c1-14(17(21)20-10-9-19-11-12-22-5)23-16-8-6-7-15(13-16)18(2,3)4/h6-8,13-14,19H,9-12H2,1-5H3,(H,20,21). The van der Waals surface area contributed by atoms with E-state index < -0.39 is 6.10 Å². The molecule has 1 atom stereocenters. The Bertz CT molecular complexity index is 483. The summed E-state index contributed by atoms with van der Waals surface area (Å²) in [5.74, 6) is 0.609. The number of amides is 1. The van der Waals surface area contributed by atoms with Crippen molar-refractivity contribution in [2.24, 2.45) is 0 Å². The van der Waals surface area contributed by atoms with E-state index in [0.717, 1.165) is 12.3 Å². The zero-order valence-electron chi connectivity index (χ0n) is 14.9. The molecule has 0 heterocycles. The second kappa shape index (κ2) is 9.53. The largest absolute Gasteiger partial charge is 0.481 e. The molecule has 5 heteroatoms. The summed E-state index contributed by atoms with van der Waals surface area (Å²) in [6.07, 6.45) is -0.524. The van der Waals surface area contributed by atoms with Gasteiger partial charge >= 0.3 is 0 Å². The highest BCUT2D eigenvalue weighted by Crippen LogP contribution is 2.26. The van der Waals surface area contributed by atoms with Crippen LogP contribution in [0.1, 0.15) is 33.3 Å². The van der Waals surface area contributed by atoms with Crippen molar-refractivity contribution in [1.82, 2.24) is 10.6 Å². The summed E-state index contributed by atoms with van der Waals surface area (Å²) >= 11 is 0. The van der Waals surface area contributed by atoms with Crippen LogP contribution in [0.4, 0.5) is 0 Å². The van der Waals surface area contributed by atoms with Crippen LogP contribution in [0.3, 0.4) is 0 Å². The molecule has 0 aliphatic rings. The van der Waals surface area contributed by atoms with Gasteiger partial charge in [-0.15, -0.1) is 0 Å². The lowest BCUT2D eigenvalue weighted by atomic mass is 9.87. The van der Waals surface area contributed by atoms with Crippen molar-refractivity contribution in [3.63, 3.8) is 0 Å². The van der Waals surface area contributed by atoms with E-state index in [9.17, 15) is 4.79 Å². The summed E-state index contributed by atoms with van der Waals surface area (Å²) in [5.41, 5.74) is 1.24. The number of benzene rings is 1. The summed E-state index contributed by atoms with van der Waals surface area (Å²) in [6, 6.07) is 7.91. The predicted molar refractivity (Wildman–Crippen MR) is 93.0 cm³/mol. The molecule has 1 rings (SSSR count). The van der Waals surface area contributed by atoms with Crippen LogP contribution in [0, 0.1) is 0 Å². The minimum atomic E-state index is -0.524. The van der Waals surface area contributed by atoms with Gasteiger partial charge in [0.15, 0.2) is 6.10 Å². The summed E-state index contributed by atoms with van der Waals surface area (Å²) in [5, 5.41) is 6.03. The van der Waals surface area contributed by atoms with E-state index in [1.165, 1.54) is 5.56 Å². The van der Waals surface area contributed by atoms with Crippen LogP contribution in [0.5, 0.6) is 5.75 Å². The fourth-order valence-electron chi connectivity index (χ4n) is 2.01. The van der Waals surface area contributed by atoms with Crippen molar-refractivity contribution in [1.29, 1.82) is 0 Å². The number of hydrogen-bond acceptors (Lipinski definition) is 4. The molecule has 0 saturated heterocycles. The van der Waals surface area contributed by atoms with Crippen LogP contribution in [0.25, 0.3) is 0 Å². The molecule has 1 aromatic carbocycles. The Morgan fingerprint density at radius 2 is 1.96 bits per heavy atom. The van der Waals surface area contributed by atoms with Crippen molar-refractivity contribution < 1.29 is 14.3 Å². The quantitative estimate of drug-likeness (QED) is 0.684. The Kier molecular flexibility index (Phi) is 8.06. The average Bonchev–Trinajstić information content (AvgIpc) is 2.50. The third kappa shape index (κ3) is 7.48. The summed E-state index contributed by atoms with van der Waals surface area (Å²) in [6.45, 7) is 10.9. The van der Waals surface area contributed by atoms with Gasteiger partial charge in [-0.05, 0) is 30.0 Å². The Morgan fingerprint density at radius 3 is 2.61 bits per heavy atom. The van der Waals surface area contributed by atoms with Gasteiger partial charge in [-0.2, -0.15) is 0 Å².